The zero-order valence-electron chi connectivity index (χ0n) is 17.8. The van der Waals surface area contributed by atoms with Crippen LogP contribution >= 0.6 is 0 Å². The molecule has 162 valence electrons. The number of amides is 1. The maximum atomic E-state index is 13.2. The van der Waals surface area contributed by atoms with Crippen LogP contribution in [0.4, 0.5) is 4.39 Å². The Morgan fingerprint density at radius 1 is 1.28 bits per heavy atom. The van der Waals surface area contributed by atoms with Gasteiger partial charge in [0.15, 0.2) is 5.96 Å². The Bertz CT molecular complexity index is 671. The first-order valence-electron chi connectivity index (χ1n) is 10.8. The molecule has 0 unspecified atom stereocenters. The van der Waals surface area contributed by atoms with E-state index < -0.39 is 0 Å². The molecule has 7 heteroatoms. The third-order valence-electron chi connectivity index (χ3n) is 5.48. The van der Waals surface area contributed by atoms with Gasteiger partial charge in [0.25, 0.3) is 0 Å². The van der Waals surface area contributed by atoms with Gasteiger partial charge in [-0.05, 0) is 88.8 Å². The maximum absolute atomic E-state index is 13.2. The van der Waals surface area contributed by atoms with Crippen molar-refractivity contribution in [3.05, 3.63) is 35.1 Å². The summed E-state index contributed by atoms with van der Waals surface area (Å²) in [4.78, 5) is 18.3. The summed E-state index contributed by atoms with van der Waals surface area (Å²) in [6, 6.07) is 4.94. The highest BCUT2D eigenvalue weighted by Crippen LogP contribution is 2.16. The second-order valence-electron chi connectivity index (χ2n) is 7.73. The number of nitrogens with one attached hydrogen (secondary N) is 2. The number of carbonyl (C=O) groups is 1. The Morgan fingerprint density at radius 3 is 2.69 bits per heavy atom. The lowest BCUT2D eigenvalue weighted by molar-refractivity contribution is -0.123. The van der Waals surface area contributed by atoms with E-state index in [0.717, 1.165) is 88.5 Å². The van der Waals surface area contributed by atoms with Crippen molar-refractivity contribution in [3.63, 3.8) is 0 Å². The van der Waals surface area contributed by atoms with Crippen LogP contribution in [-0.4, -0.2) is 56.0 Å². The van der Waals surface area contributed by atoms with E-state index in [4.69, 9.17) is 5.73 Å². The van der Waals surface area contributed by atoms with E-state index in [2.05, 4.69) is 27.4 Å². The molecule has 1 saturated heterocycles. The lowest BCUT2D eigenvalue weighted by Gasteiger charge is -2.30. The molecule has 0 radical (unpaired) electrons. The number of guanidine groups is 1. The molecule has 1 fully saturated rings. The highest BCUT2D eigenvalue weighted by molar-refractivity contribution is 5.79. The van der Waals surface area contributed by atoms with Gasteiger partial charge < -0.3 is 21.3 Å². The van der Waals surface area contributed by atoms with E-state index in [1.54, 1.807) is 6.07 Å². The fourth-order valence-corrected chi connectivity index (χ4v) is 3.68. The van der Waals surface area contributed by atoms with Crippen molar-refractivity contribution in [2.45, 2.75) is 46.0 Å². The average Bonchev–Trinajstić information content (AvgIpc) is 2.69. The molecule has 0 atom stereocenters. The van der Waals surface area contributed by atoms with Gasteiger partial charge in [-0.15, -0.1) is 0 Å². The number of nitrogens with zero attached hydrogens (tertiary/aromatic N) is 2. The molecular weight excluding hydrogens is 369 g/mol. The van der Waals surface area contributed by atoms with Gasteiger partial charge in [0.05, 0.1) is 0 Å². The van der Waals surface area contributed by atoms with E-state index in [9.17, 15) is 9.18 Å². The van der Waals surface area contributed by atoms with Gasteiger partial charge >= 0.3 is 0 Å². The van der Waals surface area contributed by atoms with Crippen LogP contribution in [0.15, 0.2) is 23.2 Å². The quantitative estimate of drug-likeness (QED) is 0.317. The zero-order chi connectivity index (χ0) is 21.1. The summed E-state index contributed by atoms with van der Waals surface area (Å²) in [5.74, 6) is 0.543. The molecule has 29 heavy (non-hydrogen) atoms. The number of benzene rings is 1. The van der Waals surface area contributed by atoms with Crippen LogP contribution in [0.5, 0.6) is 0 Å². The highest BCUT2D eigenvalue weighted by Gasteiger charge is 2.22. The Labute approximate surface area is 174 Å². The molecule has 0 aliphatic carbocycles. The number of piperidine rings is 1. The third-order valence-corrected chi connectivity index (χ3v) is 5.48. The summed E-state index contributed by atoms with van der Waals surface area (Å²) in [5, 5.41) is 6.63. The normalized spacial score (nSPS) is 16.0. The van der Waals surface area contributed by atoms with Crippen molar-refractivity contribution in [2.75, 3.05) is 39.3 Å². The first kappa shape index (κ1) is 23.1. The van der Waals surface area contributed by atoms with Crippen molar-refractivity contribution < 1.29 is 9.18 Å². The first-order chi connectivity index (χ1) is 14.0. The Balaban J connectivity index is 1.64. The number of hydrogen-bond donors (Lipinski definition) is 3. The molecule has 0 spiro atoms. The molecule has 1 aromatic carbocycles. The molecule has 0 aromatic heterocycles. The molecule has 1 amide bonds. The second kappa shape index (κ2) is 12.4. The number of nitrogens with two attached hydrogens (primary N) is 1. The predicted octanol–water partition coefficient (Wildman–Crippen LogP) is 2.21. The maximum Gasteiger partial charge on any atom is 0.220 e. The molecule has 4 N–H and O–H groups in total. The minimum Gasteiger partial charge on any atom is -0.369 e. The lowest BCUT2D eigenvalue weighted by atomic mass is 9.96. The van der Waals surface area contributed by atoms with Crippen LogP contribution in [0.1, 0.15) is 43.7 Å². The minimum atomic E-state index is -0.189. The number of aliphatic imine (C=N–C) groups is 1. The number of halogens is 1. The molecule has 1 aliphatic heterocycles. The van der Waals surface area contributed by atoms with Crippen molar-refractivity contribution in [3.8, 4) is 0 Å². The molecule has 0 bridgehead atoms. The molecular formula is C22H36FN5O. The SMILES string of the molecule is CCNC(=NCCCCN1CCC(C(N)=O)CC1)NCCc1ccc(F)cc1C. The number of unbranched alkanes of at least 4 members (excludes halogenated alkanes) is 1. The fraction of sp³-hybridized carbons (Fsp3) is 0.636. The average molecular weight is 406 g/mol. The van der Waals surface area contributed by atoms with Crippen LogP contribution in [-0.2, 0) is 11.2 Å². The number of carbonyl (C=O) groups excluding carboxylic acids is 1. The standard InChI is InChI=1S/C22H36FN5O/c1-3-25-22(27-12-8-18-6-7-20(23)16-17(18)2)26-11-4-5-13-28-14-9-19(10-15-28)21(24)29/h6-7,16,19H,3-5,8-15H2,1-2H3,(H2,24,29)(H2,25,26,27). The summed E-state index contributed by atoms with van der Waals surface area (Å²) >= 11 is 0. The number of rotatable bonds is 10. The van der Waals surface area contributed by atoms with Crippen LogP contribution in [0.3, 0.4) is 0 Å². The minimum absolute atomic E-state index is 0.0586. The highest BCUT2D eigenvalue weighted by atomic mass is 19.1. The molecule has 6 nitrogen and oxygen atoms in total. The van der Waals surface area contributed by atoms with Crippen molar-refractivity contribution in [1.29, 1.82) is 0 Å². The topological polar surface area (TPSA) is 82.8 Å². The van der Waals surface area contributed by atoms with Gasteiger partial charge in [-0.1, -0.05) is 6.07 Å². The molecule has 1 aromatic rings. The molecule has 0 saturated carbocycles. The van der Waals surface area contributed by atoms with E-state index in [1.807, 2.05) is 13.0 Å². The largest absolute Gasteiger partial charge is 0.369 e. The monoisotopic (exact) mass is 405 g/mol. The predicted molar refractivity (Wildman–Crippen MR) is 116 cm³/mol. The lowest BCUT2D eigenvalue weighted by Crippen LogP contribution is -2.39. The van der Waals surface area contributed by atoms with E-state index in [0.29, 0.717) is 0 Å². The van der Waals surface area contributed by atoms with Gasteiger partial charge in [0.1, 0.15) is 5.82 Å². The number of likely N-dealkylation sites (tertiary alicyclic amines) is 1. The zero-order valence-corrected chi connectivity index (χ0v) is 17.8. The smallest absolute Gasteiger partial charge is 0.220 e. The van der Waals surface area contributed by atoms with Crippen LogP contribution < -0.4 is 16.4 Å². The van der Waals surface area contributed by atoms with Crippen LogP contribution in [0, 0.1) is 18.7 Å². The number of primary amides is 1. The van der Waals surface area contributed by atoms with Crippen LogP contribution in [0.2, 0.25) is 0 Å². The van der Waals surface area contributed by atoms with Crippen molar-refractivity contribution in [1.82, 2.24) is 15.5 Å². The van der Waals surface area contributed by atoms with Gasteiger partial charge in [-0.3, -0.25) is 9.79 Å². The van der Waals surface area contributed by atoms with Gasteiger partial charge in [-0.25, -0.2) is 4.39 Å². The van der Waals surface area contributed by atoms with Gasteiger partial charge in [-0.2, -0.15) is 0 Å². The third kappa shape index (κ3) is 8.40. The molecule has 1 aliphatic rings. The summed E-state index contributed by atoms with van der Waals surface area (Å²) in [7, 11) is 0. The first-order valence-corrected chi connectivity index (χ1v) is 10.8. The van der Waals surface area contributed by atoms with E-state index in [1.165, 1.54) is 6.07 Å². The molecule has 1 heterocycles. The van der Waals surface area contributed by atoms with E-state index in [-0.39, 0.29) is 17.6 Å². The number of hydrogen-bond acceptors (Lipinski definition) is 3. The number of aryl methyl sites for hydroxylation is 1. The second-order valence-corrected chi connectivity index (χ2v) is 7.73. The van der Waals surface area contributed by atoms with E-state index >= 15 is 0 Å². The summed E-state index contributed by atoms with van der Waals surface area (Å²) < 4.78 is 13.2. The molecule has 2 rings (SSSR count). The summed E-state index contributed by atoms with van der Waals surface area (Å²) in [6.45, 7) is 9.32. The summed E-state index contributed by atoms with van der Waals surface area (Å²) in [5.41, 5.74) is 7.52. The summed E-state index contributed by atoms with van der Waals surface area (Å²) in [6.07, 6.45) is 4.73. The van der Waals surface area contributed by atoms with Crippen LogP contribution in [0.25, 0.3) is 0 Å². The fourth-order valence-electron chi connectivity index (χ4n) is 3.68. The Kier molecular flexibility index (Phi) is 9.91. The Hall–Kier alpha value is -2.15. The Morgan fingerprint density at radius 2 is 2.03 bits per heavy atom. The van der Waals surface area contributed by atoms with Crippen molar-refractivity contribution in [2.24, 2.45) is 16.6 Å². The van der Waals surface area contributed by atoms with Gasteiger partial charge in [0.2, 0.25) is 5.91 Å². The van der Waals surface area contributed by atoms with Gasteiger partial charge in [0, 0.05) is 25.6 Å². The van der Waals surface area contributed by atoms with Crippen molar-refractivity contribution >= 4 is 11.9 Å².